The molecule has 0 bridgehead atoms. The highest BCUT2D eigenvalue weighted by Gasteiger charge is 2.29. The predicted octanol–water partition coefficient (Wildman–Crippen LogP) is 3.42. The van der Waals surface area contributed by atoms with E-state index in [1.54, 1.807) is 25.6 Å². The number of hydrogen-bond acceptors (Lipinski definition) is 4. The molecule has 1 aromatic rings. The number of rotatable bonds is 6. The number of hydrogen-bond donors (Lipinski definition) is 2. The molecule has 0 fully saturated rings. The molecule has 130 valence electrons. The number of urea groups is 1. The van der Waals surface area contributed by atoms with Crippen LogP contribution in [0.15, 0.2) is 40.4 Å². The van der Waals surface area contributed by atoms with Crippen LogP contribution in [-0.4, -0.2) is 30.4 Å². The average molecular weight is 348 g/mol. The second kappa shape index (κ2) is 8.24. The number of nitrogens with one attached hydrogen (secondary N) is 2. The second-order valence-electron chi connectivity index (χ2n) is 5.95. The van der Waals surface area contributed by atoms with E-state index in [0.717, 1.165) is 4.90 Å². The zero-order chi connectivity index (χ0) is 17.7. The van der Waals surface area contributed by atoms with Gasteiger partial charge in [0, 0.05) is 16.3 Å². The van der Waals surface area contributed by atoms with Gasteiger partial charge in [-0.2, -0.15) is 0 Å². The lowest BCUT2D eigenvalue weighted by atomic mass is 10.0. The SMILES string of the molecule is CCOC(=O)C1=C(CSc2ccc(C(C)C)cc2)NC(=O)NC1C. The molecule has 5 nitrogen and oxygen atoms in total. The maximum absolute atomic E-state index is 12.2. The molecule has 1 unspecified atom stereocenters. The third-order valence-corrected chi connectivity index (χ3v) is 4.83. The number of amides is 2. The van der Waals surface area contributed by atoms with Gasteiger partial charge in [-0.3, -0.25) is 0 Å². The topological polar surface area (TPSA) is 67.4 Å². The molecule has 0 spiro atoms. The van der Waals surface area contributed by atoms with E-state index in [4.69, 9.17) is 4.74 Å². The van der Waals surface area contributed by atoms with Crippen molar-refractivity contribution in [2.45, 2.75) is 44.6 Å². The lowest BCUT2D eigenvalue weighted by molar-refractivity contribution is -0.138. The van der Waals surface area contributed by atoms with E-state index in [0.29, 0.717) is 29.5 Å². The molecule has 6 heteroatoms. The van der Waals surface area contributed by atoms with Crippen LogP contribution in [0.4, 0.5) is 4.79 Å². The zero-order valence-corrected chi connectivity index (χ0v) is 15.3. The smallest absolute Gasteiger partial charge is 0.337 e. The van der Waals surface area contributed by atoms with Crippen LogP contribution < -0.4 is 10.6 Å². The Kier molecular flexibility index (Phi) is 6.31. The quantitative estimate of drug-likeness (QED) is 0.611. The number of thioether (sulfide) groups is 1. The number of carbonyl (C=O) groups is 2. The summed E-state index contributed by atoms with van der Waals surface area (Å²) in [6, 6.07) is 7.69. The summed E-state index contributed by atoms with van der Waals surface area (Å²) >= 11 is 1.58. The molecular weight excluding hydrogens is 324 g/mol. The first-order valence-corrected chi connectivity index (χ1v) is 9.11. The highest BCUT2D eigenvalue weighted by Crippen LogP contribution is 2.25. The van der Waals surface area contributed by atoms with Gasteiger partial charge in [0.2, 0.25) is 0 Å². The van der Waals surface area contributed by atoms with Crippen LogP contribution in [0.2, 0.25) is 0 Å². The molecule has 1 aliphatic rings. The number of ether oxygens (including phenoxy) is 1. The van der Waals surface area contributed by atoms with E-state index in [1.807, 2.05) is 0 Å². The molecule has 0 aromatic heterocycles. The van der Waals surface area contributed by atoms with Crippen LogP contribution in [0.5, 0.6) is 0 Å². The van der Waals surface area contributed by atoms with Crippen molar-refractivity contribution in [3.63, 3.8) is 0 Å². The molecule has 1 aromatic carbocycles. The van der Waals surface area contributed by atoms with Gasteiger partial charge in [0.15, 0.2) is 0 Å². The number of benzene rings is 1. The van der Waals surface area contributed by atoms with Crippen LogP contribution in [0.25, 0.3) is 0 Å². The summed E-state index contributed by atoms with van der Waals surface area (Å²) in [5.41, 5.74) is 2.39. The van der Waals surface area contributed by atoms with E-state index >= 15 is 0 Å². The molecule has 0 radical (unpaired) electrons. The van der Waals surface area contributed by atoms with Crippen molar-refractivity contribution in [1.29, 1.82) is 0 Å². The minimum absolute atomic E-state index is 0.290. The Balaban J connectivity index is 2.15. The van der Waals surface area contributed by atoms with Crippen molar-refractivity contribution < 1.29 is 14.3 Å². The molecule has 1 aliphatic heterocycles. The van der Waals surface area contributed by atoms with Crippen molar-refractivity contribution in [2.24, 2.45) is 0 Å². The van der Waals surface area contributed by atoms with Crippen molar-refractivity contribution in [2.75, 3.05) is 12.4 Å². The van der Waals surface area contributed by atoms with E-state index in [1.165, 1.54) is 5.56 Å². The van der Waals surface area contributed by atoms with Gasteiger partial charge in [0.25, 0.3) is 0 Å². The van der Waals surface area contributed by atoms with Gasteiger partial charge in [-0.25, -0.2) is 9.59 Å². The summed E-state index contributed by atoms with van der Waals surface area (Å²) in [6.45, 7) is 8.17. The van der Waals surface area contributed by atoms with Crippen LogP contribution in [0.1, 0.15) is 39.2 Å². The monoisotopic (exact) mass is 348 g/mol. The minimum atomic E-state index is -0.386. The summed E-state index contributed by atoms with van der Waals surface area (Å²) in [5, 5.41) is 5.44. The van der Waals surface area contributed by atoms with Crippen molar-refractivity contribution in [3.8, 4) is 0 Å². The molecule has 2 rings (SSSR count). The number of carbonyl (C=O) groups excluding carboxylic acids is 2. The molecule has 24 heavy (non-hydrogen) atoms. The van der Waals surface area contributed by atoms with Crippen molar-refractivity contribution in [1.82, 2.24) is 10.6 Å². The maximum Gasteiger partial charge on any atom is 0.337 e. The van der Waals surface area contributed by atoms with Crippen LogP contribution in [0, 0.1) is 0 Å². The highest BCUT2D eigenvalue weighted by molar-refractivity contribution is 7.99. The van der Waals surface area contributed by atoms with Gasteiger partial charge in [0.05, 0.1) is 18.2 Å². The predicted molar refractivity (Wildman–Crippen MR) is 96.0 cm³/mol. The Morgan fingerprint density at radius 1 is 1.29 bits per heavy atom. The Morgan fingerprint density at radius 3 is 2.54 bits per heavy atom. The summed E-state index contributed by atoms with van der Waals surface area (Å²) in [5.74, 6) is 0.613. The molecule has 1 heterocycles. The first kappa shape index (κ1) is 18.4. The molecule has 0 saturated heterocycles. The summed E-state index contributed by atoms with van der Waals surface area (Å²) < 4.78 is 5.11. The molecule has 2 N–H and O–H groups in total. The van der Waals surface area contributed by atoms with Gasteiger partial charge in [-0.05, 0) is 37.5 Å². The maximum atomic E-state index is 12.2. The van der Waals surface area contributed by atoms with Gasteiger partial charge >= 0.3 is 12.0 Å². The Bertz CT molecular complexity index is 638. The largest absolute Gasteiger partial charge is 0.463 e. The Hall–Kier alpha value is -1.95. The molecule has 0 aliphatic carbocycles. The first-order valence-electron chi connectivity index (χ1n) is 8.12. The lowest BCUT2D eigenvalue weighted by Crippen LogP contribution is -2.49. The van der Waals surface area contributed by atoms with Gasteiger partial charge in [-0.1, -0.05) is 26.0 Å². The van der Waals surface area contributed by atoms with Gasteiger partial charge in [-0.15, -0.1) is 11.8 Å². The summed E-state index contributed by atoms with van der Waals surface area (Å²) in [6.07, 6.45) is 0. The van der Waals surface area contributed by atoms with Crippen LogP contribution in [0.3, 0.4) is 0 Å². The standard InChI is InChI=1S/C18H24N2O3S/c1-5-23-17(21)16-12(4)19-18(22)20-15(16)10-24-14-8-6-13(7-9-14)11(2)3/h6-9,11-12H,5,10H2,1-4H3,(H2,19,20,22). The zero-order valence-electron chi connectivity index (χ0n) is 14.5. The highest BCUT2D eigenvalue weighted by atomic mass is 32.2. The fourth-order valence-corrected chi connectivity index (χ4v) is 3.36. The summed E-state index contributed by atoms with van der Waals surface area (Å²) in [4.78, 5) is 25.0. The van der Waals surface area contributed by atoms with E-state index < -0.39 is 0 Å². The number of esters is 1. The molecule has 2 amide bonds. The molecular formula is C18H24N2O3S. The van der Waals surface area contributed by atoms with Crippen molar-refractivity contribution >= 4 is 23.8 Å². The Morgan fingerprint density at radius 2 is 1.96 bits per heavy atom. The fourth-order valence-electron chi connectivity index (χ4n) is 2.50. The molecule has 1 atom stereocenters. The van der Waals surface area contributed by atoms with Gasteiger partial charge < -0.3 is 15.4 Å². The first-order chi connectivity index (χ1) is 11.4. The van der Waals surface area contributed by atoms with Crippen molar-refractivity contribution in [3.05, 3.63) is 41.1 Å². The van der Waals surface area contributed by atoms with E-state index in [-0.39, 0.29) is 18.0 Å². The van der Waals surface area contributed by atoms with Gasteiger partial charge in [0.1, 0.15) is 0 Å². The Labute approximate surface area is 147 Å². The normalized spacial score (nSPS) is 17.5. The lowest BCUT2D eigenvalue weighted by Gasteiger charge is -2.26. The second-order valence-corrected chi connectivity index (χ2v) is 6.99. The van der Waals surface area contributed by atoms with Crippen LogP contribution in [-0.2, 0) is 9.53 Å². The van der Waals surface area contributed by atoms with E-state index in [2.05, 4.69) is 48.7 Å². The third kappa shape index (κ3) is 4.54. The van der Waals surface area contributed by atoms with Crippen LogP contribution >= 0.6 is 11.8 Å². The van der Waals surface area contributed by atoms with E-state index in [9.17, 15) is 9.59 Å². The minimum Gasteiger partial charge on any atom is -0.463 e. The average Bonchev–Trinajstić information content (AvgIpc) is 2.52. The fraction of sp³-hybridized carbons (Fsp3) is 0.444. The summed E-state index contributed by atoms with van der Waals surface area (Å²) in [7, 11) is 0. The molecule has 0 saturated carbocycles. The third-order valence-electron chi connectivity index (χ3n) is 3.80.